The van der Waals surface area contributed by atoms with Crippen LogP contribution in [0.4, 0.5) is 0 Å². The SMILES string of the molecule is CC(=O)c1cccc(S(=O)(=O)N2CCC(C(=O)NC(c3ccc(C(C)C)cc3)C(C)C)CC2)c1. The van der Waals surface area contributed by atoms with Crippen LogP contribution in [0.25, 0.3) is 0 Å². The molecule has 1 heterocycles. The molecule has 0 radical (unpaired) electrons. The summed E-state index contributed by atoms with van der Waals surface area (Å²) < 4.78 is 27.6. The molecule has 2 aromatic carbocycles. The van der Waals surface area contributed by atoms with E-state index in [4.69, 9.17) is 0 Å². The number of amides is 1. The van der Waals surface area contributed by atoms with Gasteiger partial charge >= 0.3 is 0 Å². The Kier molecular flexibility index (Phi) is 8.31. The van der Waals surface area contributed by atoms with Crippen LogP contribution in [0.5, 0.6) is 0 Å². The molecule has 34 heavy (non-hydrogen) atoms. The number of hydrogen-bond acceptors (Lipinski definition) is 4. The van der Waals surface area contributed by atoms with E-state index in [1.165, 1.54) is 28.9 Å². The highest BCUT2D eigenvalue weighted by molar-refractivity contribution is 7.89. The van der Waals surface area contributed by atoms with E-state index in [0.717, 1.165) is 5.56 Å². The first-order valence-electron chi connectivity index (χ1n) is 12.0. The molecule has 1 unspecified atom stereocenters. The van der Waals surface area contributed by atoms with Gasteiger partial charge < -0.3 is 5.32 Å². The molecule has 1 saturated heterocycles. The number of ketones is 1. The summed E-state index contributed by atoms with van der Waals surface area (Å²) >= 11 is 0. The third-order valence-electron chi connectivity index (χ3n) is 6.63. The molecule has 1 N–H and O–H groups in total. The summed E-state index contributed by atoms with van der Waals surface area (Å²) in [6.45, 7) is 10.5. The van der Waals surface area contributed by atoms with Crippen LogP contribution >= 0.6 is 0 Å². The zero-order valence-corrected chi connectivity index (χ0v) is 21.6. The van der Waals surface area contributed by atoms with E-state index < -0.39 is 10.0 Å². The number of nitrogens with one attached hydrogen (secondary N) is 1. The highest BCUT2D eigenvalue weighted by atomic mass is 32.2. The minimum Gasteiger partial charge on any atom is -0.349 e. The maximum Gasteiger partial charge on any atom is 0.243 e. The first kappa shape index (κ1) is 26.1. The highest BCUT2D eigenvalue weighted by Gasteiger charge is 2.33. The van der Waals surface area contributed by atoms with E-state index in [9.17, 15) is 18.0 Å². The van der Waals surface area contributed by atoms with Crippen molar-refractivity contribution >= 4 is 21.7 Å². The topological polar surface area (TPSA) is 83.6 Å². The van der Waals surface area contributed by atoms with Crippen molar-refractivity contribution in [3.63, 3.8) is 0 Å². The predicted octanol–water partition coefficient (Wildman–Crippen LogP) is 4.93. The fourth-order valence-electron chi connectivity index (χ4n) is 4.38. The summed E-state index contributed by atoms with van der Waals surface area (Å²) in [5.74, 6) is 0.245. The second-order valence-electron chi connectivity index (χ2n) is 9.81. The Labute approximate surface area is 203 Å². The van der Waals surface area contributed by atoms with E-state index in [2.05, 4.69) is 57.3 Å². The van der Waals surface area contributed by atoms with Gasteiger partial charge in [0.1, 0.15) is 0 Å². The Morgan fingerprint density at radius 3 is 2.06 bits per heavy atom. The monoisotopic (exact) mass is 484 g/mol. The van der Waals surface area contributed by atoms with Gasteiger partial charge in [0.2, 0.25) is 15.9 Å². The van der Waals surface area contributed by atoms with Gasteiger partial charge in [-0.2, -0.15) is 4.31 Å². The van der Waals surface area contributed by atoms with E-state index >= 15 is 0 Å². The minimum atomic E-state index is -3.71. The number of hydrogen-bond donors (Lipinski definition) is 1. The standard InChI is InChI=1S/C27H36N2O4S/c1-18(2)21-9-11-22(12-10-21)26(19(3)4)28-27(31)23-13-15-29(16-14-23)34(32,33)25-8-6-7-24(17-25)20(5)30/h6-12,17-19,23,26H,13-16H2,1-5H3,(H,28,31). The lowest BCUT2D eigenvalue weighted by Crippen LogP contribution is -2.44. The third kappa shape index (κ3) is 5.94. The van der Waals surface area contributed by atoms with Crippen molar-refractivity contribution in [2.75, 3.05) is 13.1 Å². The zero-order chi connectivity index (χ0) is 25.0. The largest absolute Gasteiger partial charge is 0.349 e. The third-order valence-corrected chi connectivity index (χ3v) is 8.52. The Morgan fingerprint density at radius 1 is 0.941 bits per heavy atom. The van der Waals surface area contributed by atoms with Gasteiger partial charge in [0, 0.05) is 24.6 Å². The van der Waals surface area contributed by atoms with Crippen molar-refractivity contribution in [1.82, 2.24) is 9.62 Å². The van der Waals surface area contributed by atoms with E-state index in [-0.39, 0.29) is 47.6 Å². The number of piperidine rings is 1. The Hall–Kier alpha value is -2.51. The van der Waals surface area contributed by atoms with Gasteiger partial charge in [-0.15, -0.1) is 0 Å². The Morgan fingerprint density at radius 2 is 1.53 bits per heavy atom. The number of carbonyl (C=O) groups excluding carboxylic acids is 2. The van der Waals surface area contributed by atoms with E-state index in [0.29, 0.717) is 24.3 Å². The second kappa shape index (κ2) is 10.8. The molecule has 0 aromatic heterocycles. The van der Waals surface area contributed by atoms with E-state index in [1.807, 2.05) is 0 Å². The van der Waals surface area contributed by atoms with Crippen molar-refractivity contribution in [3.05, 3.63) is 65.2 Å². The molecule has 1 fully saturated rings. The van der Waals surface area contributed by atoms with Crippen LogP contribution in [0, 0.1) is 11.8 Å². The van der Waals surface area contributed by atoms with Crippen LogP contribution in [0.1, 0.15) is 80.9 Å². The number of nitrogens with zero attached hydrogens (tertiary/aromatic N) is 1. The highest BCUT2D eigenvalue weighted by Crippen LogP contribution is 2.28. The first-order chi connectivity index (χ1) is 16.0. The summed E-state index contributed by atoms with van der Waals surface area (Å²) in [6, 6.07) is 14.5. The fraction of sp³-hybridized carbons (Fsp3) is 0.481. The van der Waals surface area contributed by atoms with Crippen LogP contribution in [0.15, 0.2) is 53.4 Å². The van der Waals surface area contributed by atoms with Gasteiger partial charge in [0.25, 0.3) is 0 Å². The van der Waals surface area contributed by atoms with Gasteiger partial charge in [0.15, 0.2) is 5.78 Å². The molecule has 0 saturated carbocycles. The van der Waals surface area contributed by atoms with Crippen molar-refractivity contribution in [2.45, 2.75) is 64.3 Å². The second-order valence-corrected chi connectivity index (χ2v) is 11.8. The minimum absolute atomic E-state index is 0.0257. The van der Waals surface area contributed by atoms with Crippen LogP contribution in [0.2, 0.25) is 0 Å². The van der Waals surface area contributed by atoms with Crippen LogP contribution in [-0.2, 0) is 14.8 Å². The molecular weight excluding hydrogens is 448 g/mol. The molecule has 1 aliphatic heterocycles. The van der Waals surface area contributed by atoms with Crippen LogP contribution < -0.4 is 5.32 Å². The molecule has 2 aromatic rings. The Balaban J connectivity index is 1.65. The summed E-state index contributed by atoms with van der Waals surface area (Å²) in [6.07, 6.45) is 0.934. The number of sulfonamides is 1. The average molecular weight is 485 g/mol. The number of rotatable bonds is 8. The van der Waals surface area contributed by atoms with Crippen LogP contribution in [-0.4, -0.2) is 37.5 Å². The maximum absolute atomic E-state index is 13.1. The molecule has 6 nitrogen and oxygen atoms in total. The molecule has 184 valence electrons. The molecular formula is C27H36N2O4S. The summed E-state index contributed by atoms with van der Waals surface area (Å²) in [5.41, 5.74) is 2.72. The lowest BCUT2D eigenvalue weighted by Gasteiger charge is -2.32. The molecule has 1 aliphatic rings. The number of carbonyl (C=O) groups is 2. The summed E-state index contributed by atoms with van der Waals surface area (Å²) in [5, 5.41) is 3.21. The first-order valence-corrected chi connectivity index (χ1v) is 13.5. The van der Waals surface area contributed by atoms with Crippen molar-refractivity contribution in [2.24, 2.45) is 11.8 Å². The normalized spacial score (nSPS) is 16.6. The van der Waals surface area contributed by atoms with Gasteiger partial charge in [-0.3, -0.25) is 9.59 Å². The quantitative estimate of drug-likeness (QED) is 0.539. The van der Waals surface area contributed by atoms with Gasteiger partial charge in [-0.25, -0.2) is 8.42 Å². The van der Waals surface area contributed by atoms with Crippen LogP contribution in [0.3, 0.4) is 0 Å². The Bertz CT molecular complexity index is 1120. The lowest BCUT2D eigenvalue weighted by atomic mass is 9.91. The predicted molar refractivity (Wildman–Crippen MR) is 134 cm³/mol. The molecule has 1 atom stereocenters. The summed E-state index contributed by atoms with van der Waals surface area (Å²) in [4.78, 5) is 24.9. The molecule has 1 amide bonds. The molecule has 3 rings (SSSR count). The maximum atomic E-state index is 13.1. The number of benzene rings is 2. The average Bonchev–Trinajstić information content (AvgIpc) is 2.82. The van der Waals surface area contributed by atoms with Crippen molar-refractivity contribution in [3.8, 4) is 0 Å². The molecule has 0 spiro atoms. The number of Topliss-reactive ketones (excluding diaryl/α,β-unsaturated/α-hetero) is 1. The molecule has 7 heteroatoms. The van der Waals surface area contributed by atoms with Crippen molar-refractivity contribution in [1.29, 1.82) is 0 Å². The molecule has 0 aliphatic carbocycles. The van der Waals surface area contributed by atoms with E-state index in [1.54, 1.807) is 12.1 Å². The lowest BCUT2D eigenvalue weighted by molar-refractivity contribution is -0.127. The smallest absolute Gasteiger partial charge is 0.243 e. The van der Waals surface area contributed by atoms with Crippen molar-refractivity contribution < 1.29 is 18.0 Å². The summed E-state index contributed by atoms with van der Waals surface area (Å²) in [7, 11) is -3.71. The fourth-order valence-corrected chi connectivity index (χ4v) is 5.89. The van der Waals surface area contributed by atoms with Gasteiger partial charge in [0.05, 0.1) is 10.9 Å². The van der Waals surface area contributed by atoms with Gasteiger partial charge in [-0.1, -0.05) is 64.1 Å². The zero-order valence-electron chi connectivity index (χ0n) is 20.7. The molecule has 0 bridgehead atoms. The van der Waals surface area contributed by atoms with Gasteiger partial charge in [-0.05, 0) is 54.9 Å².